The quantitative estimate of drug-likeness (QED) is 0.803. The molecule has 0 fully saturated rings. The number of ether oxygens (including phenoxy) is 2. The van der Waals surface area contributed by atoms with E-state index in [2.05, 4.69) is 55.0 Å². The van der Waals surface area contributed by atoms with Gasteiger partial charge in [-0.3, -0.25) is 0 Å². The van der Waals surface area contributed by atoms with Crippen molar-refractivity contribution in [2.24, 2.45) is 11.3 Å². The molecule has 0 aromatic heterocycles. The van der Waals surface area contributed by atoms with Gasteiger partial charge in [0, 0.05) is 13.1 Å². The van der Waals surface area contributed by atoms with Crippen molar-refractivity contribution in [1.29, 1.82) is 0 Å². The van der Waals surface area contributed by atoms with Gasteiger partial charge in [-0.15, -0.1) is 0 Å². The van der Waals surface area contributed by atoms with Crippen molar-refractivity contribution in [2.75, 3.05) is 20.8 Å². The van der Waals surface area contributed by atoms with Crippen LogP contribution >= 0.6 is 15.9 Å². The average molecular weight is 344 g/mol. The molecule has 1 N–H and O–H groups in total. The second-order valence-electron chi connectivity index (χ2n) is 6.06. The highest BCUT2D eigenvalue weighted by Crippen LogP contribution is 2.36. The minimum atomic E-state index is 0.286. The number of hydrogen-bond acceptors (Lipinski definition) is 3. The summed E-state index contributed by atoms with van der Waals surface area (Å²) in [4.78, 5) is 0. The van der Waals surface area contributed by atoms with Gasteiger partial charge in [0.1, 0.15) is 0 Å². The number of methoxy groups -OCH3 is 2. The minimum Gasteiger partial charge on any atom is -0.493 e. The molecule has 0 unspecified atom stereocenters. The van der Waals surface area contributed by atoms with Crippen LogP contribution in [0.5, 0.6) is 11.5 Å². The molecule has 0 atom stereocenters. The fourth-order valence-electron chi connectivity index (χ4n) is 1.81. The van der Waals surface area contributed by atoms with Crippen LogP contribution in [0.2, 0.25) is 0 Å². The zero-order chi connectivity index (χ0) is 15.3. The van der Waals surface area contributed by atoms with Crippen LogP contribution < -0.4 is 14.8 Å². The summed E-state index contributed by atoms with van der Waals surface area (Å²) in [5.41, 5.74) is 1.46. The summed E-state index contributed by atoms with van der Waals surface area (Å²) in [7, 11) is 3.30. The highest BCUT2D eigenvalue weighted by atomic mass is 79.9. The molecule has 0 aliphatic rings. The number of benzene rings is 1. The summed E-state index contributed by atoms with van der Waals surface area (Å²) in [5.74, 6) is 2.13. The molecule has 3 nitrogen and oxygen atoms in total. The fourth-order valence-corrected chi connectivity index (χ4v) is 2.46. The number of nitrogens with one attached hydrogen (secondary N) is 1. The smallest absolute Gasteiger partial charge is 0.174 e. The van der Waals surface area contributed by atoms with Gasteiger partial charge in [0.15, 0.2) is 11.5 Å². The van der Waals surface area contributed by atoms with E-state index in [0.29, 0.717) is 5.92 Å². The van der Waals surface area contributed by atoms with Crippen LogP contribution in [0, 0.1) is 11.3 Å². The van der Waals surface area contributed by atoms with Crippen LogP contribution in [-0.2, 0) is 6.54 Å². The summed E-state index contributed by atoms with van der Waals surface area (Å²) in [6.07, 6.45) is 0. The molecule has 1 aromatic rings. The van der Waals surface area contributed by atoms with E-state index in [1.165, 1.54) is 5.56 Å². The van der Waals surface area contributed by atoms with Crippen molar-refractivity contribution in [1.82, 2.24) is 5.32 Å². The first-order chi connectivity index (χ1) is 9.31. The molecule has 114 valence electrons. The van der Waals surface area contributed by atoms with E-state index < -0.39 is 0 Å². The van der Waals surface area contributed by atoms with Crippen molar-refractivity contribution in [3.63, 3.8) is 0 Å². The van der Waals surface area contributed by atoms with E-state index in [9.17, 15) is 0 Å². The van der Waals surface area contributed by atoms with E-state index in [-0.39, 0.29) is 5.41 Å². The molecular weight excluding hydrogens is 318 g/mol. The number of hydrogen-bond donors (Lipinski definition) is 1. The maximum absolute atomic E-state index is 5.36. The Morgan fingerprint density at radius 2 is 1.85 bits per heavy atom. The summed E-state index contributed by atoms with van der Waals surface area (Å²) < 4.78 is 11.6. The van der Waals surface area contributed by atoms with E-state index >= 15 is 0 Å². The normalized spacial score (nSPS) is 11.8. The Balaban J connectivity index is 2.72. The van der Waals surface area contributed by atoms with E-state index in [1.54, 1.807) is 14.2 Å². The van der Waals surface area contributed by atoms with Crippen LogP contribution in [0.15, 0.2) is 16.6 Å². The standard InChI is InChI=1S/C16H26BrNO2/c1-11(2)16(3,4)10-18-9-12-7-13(17)15(20-6)14(8-12)19-5/h7-8,11,18H,9-10H2,1-6H3. The molecular formula is C16H26BrNO2. The Kier molecular flexibility index (Phi) is 6.34. The predicted octanol–water partition coefficient (Wildman–Crippen LogP) is 4.24. The van der Waals surface area contributed by atoms with Gasteiger partial charge in [-0.05, 0) is 45.0 Å². The molecule has 0 amide bonds. The lowest BCUT2D eigenvalue weighted by atomic mass is 9.81. The largest absolute Gasteiger partial charge is 0.493 e. The first kappa shape index (κ1) is 17.3. The first-order valence-corrected chi connectivity index (χ1v) is 7.72. The topological polar surface area (TPSA) is 30.5 Å². The van der Waals surface area contributed by atoms with Gasteiger partial charge < -0.3 is 14.8 Å². The molecule has 0 spiro atoms. The maximum Gasteiger partial charge on any atom is 0.174 e. The summed E-state index contributed by atoms with van der Waals surface area (Å²) in [5, 5.41) is 3.52. The molecule has 0 radical (unpaired) electrons. The fraction of sp³-hybridized carbons (Fsp3) is 0.625. The van der Waals surface area contributed by atoms with Crippen molar-refractivity contribution < 1.29 is 9.47 Å². The summed E-state index contributed by atoms with van der Waals surface area (Å²) >= 11 is 3.52. The Morgan fingerprint density at radius 3 is 2.35 bits per heavy atom. The van der Waals surface area contributed by atoms with E-state index in [0.717, 1.165) is 29.1 Å². The monoisotopic (exact) mass is 343 g/mol. The molecule has 4 heteroatoms. The average Bonchev–Trinajstić information content (AvgIpc) is 2.37. The van der Waals surface area contributed by atoms with Crippen LogP contribution in [0.1, 0.15) is 33.3 Å². The highest BCUT2D eigenvalue weighted by Gasteiger charge is 2.21. The second kappa shape index (κ2) is 7.32. The van der Waals surface area contributed by atoms with Gasteiger partial charge >= 0.3 is 0 Å². The van der Waals surface area contributed by atoms with Crippen LogP contribution in [0.3, 0.4) is 0 Å². The molecule has 0 aliphatic heterocycles. The lowest BCUT2D eigenvalue weighted by Crippen LogP contribution is -2.33. The zero-order valence-corrected chi connectivity index (χ0v) is 14.9. The second-order valence-corrected chi connectivity index (χ2v) is 6.91. The van der Waals surface area contributed by atoms with Gasteiger partial charge in [0.25, 0.3) is 0 Å². The van der Waals surface area contributed by atoms with Gasteiger partial charge in [-0.25, -0.2) is 0 Å². The van der Waals surface area contributed by atoms with Crippen LogP contribution in [-0.4, -0.2) is 20.8 Å². The minimum absolute atomic E-state index is 0.286. The third-order valence-corrected chi connectivity index (χ3v) is 4.56. The Bertz CT molecular complexity index is 444. The van der Waals surface area contributed by atoms with Gasteiger partial charge in [-0.2, -0.15) is 0 Å². The summed E-state index contributed by atoms with van der Waals surface area (Å²) in [6, 6.07) is 4.08. The molecule has 0 bridgehead atoms. The maximum atomic E-state index is 5.36. The third kappa shape index (κ3) is 4.38. The van der Waals surface area contributed by atoms with Crippen molar-refractivity contribution >= 4 is 15.9 Å². The van der Waals surface area contributed by atoms with Crippen molar-refractivity contribution in [3.05, 3.63) is 22.2 Å². The highest BCUT2D eigenvalue weighted by molar-refractivity contribution is 9.10. The van der Waals surface area contributed by atoms with Crippen molar-refractivity contribution in [3.8, 4) is 11.5 Å². The number of rotatable bonds is 7. The zero-order valence-electron chi connectivity index (χ0n) is 13.3. The Labute approximate surface area is 131 Å². The Hall–Kier alpha value is -0.740. The predicted molar refractivity (Wildman–Crippen MR) is 87.6 cm³/mol. The molecule has 20 heavy (non-hydrogen) atoms. The van der Waals surface area contributed by atoms with E-state index in [4.69, 9.17) is 9.47 Å². The van der Waals surface area contributed by atoms with Crippen LogP contribution in [0.4, 0.5) is 0 Å². The summed E-state index contributed by atoms with van der Waals surface area (Å²) in [6.45, 7) is 10.9. The van der Waals surface area contributed by atoms with Gasteiger partial charge in [-0.1, -0.05) is 27.7 Å². The van der Waals surface area contributed by atoms with E-state index in [1.807, 2.05) is 6.07 Å². The van der Waals surface area contributed by atoms with Crippen LogP contribution in [0.25, 0.3) is 0 Å². The van der Waals surface area contributed by atoms with Gasteiger partial charge in [0.05, 0.1) is 18.7 Å². The van der Waals surface area contributed by atoms with Crippen molar-refractivity contribution in [2.45, 2.75) is 34.2 Å². The first-order valence-electron chi connectivity index (χ1n) is 6.93. The lowest BCUT2D eigenvalue weighted by molar-refractivity contribution is 0.238. The molecule has 0 heterocycles. The van der Waals surface area contributed by atoms with Gasteiger partial charge in [0.2, 0.25) is 0 Å². The molecule has 0 saturated heterocycles. The number of halogens is 1. The molecule has 1 aromatic carbocycles. The Morgan fingerprint density at radius 1 is 1.20 bits per heavy atom. The lowest BCUT2D eigenvalue weighted by Gasteiger charge is -2.29. The SMILES string of the molecule is COc1cc(CNCC(C)(C)C(C)C)cc(Br)c1OC. The molecule has 0 aliphatic carbocycles. The third-order valence-electron chi connectivity index (χ3n) is 3.97. The molecule has 1 rings (SSSR count). The molecule has 0 saturated carbocycles.